The van der Waals surface area contributed by atoms with Gasteiger partial charge in [-0.3, -0.25) is 14.5 Å². The molecule has 0 aliphatic rings. The van der Waals surface area contributed by atoms with Gasteiger partial charge in [0.15, 0.2) is 5.75 Å². The van der Waals surface area contributed by atoms with E-state index in [0.717, 1.165) is 16.5 Å². The van der Waals surface area contributed by atoms with E-state index in [4.69, 9.17) is 8.74 Å². The van der Waals surface area contributed by atoms with Crippen LogP contribution in [0.1, 0.15) is 5.56 Å². The Balaban J connectivity index is 2.38. The normalized spacial score (nSPS) is 12.7. The van der Waals surface area contributed by atoms with Crippen LogP contribution in [0.3, 0.4) is 0 Å². The number of hydrogen-bond donors (Lipinski definition) is 1. The zero-order valence-corrected chi connectivity index (χ0v) is 10.8. The number of aryl methyl sites for hydroxylation is 1. The monoisotopic (exact) mass is 274 g/mol. The predicted molar refractivity (Wildman–Crippen MR) is 73.2 cm³/mol. The molecule has 2 heterocycles. The van der Waals surface area contributed by atoms with Crippen LogP contribution < -0.4 is 4.18 Å². The summed E-state index contributed by atoms with van der Waals surface area (Å²) in [6, 6.07) is 7.21. The highest BCUT2D eigenvalue weighted by Gasteiger charge is 2.10. The van der Waals surface area contributed by atoms with Gasteiger partial charge < -0.3 is 4.18 Å². The van der Waals surface area contributed by atoms with E-state index >= 15 is 0 Å². The molecule has 0 aliphatic carbocycles. The van der Waals surface area contributed by atoms with Gasteiger partial charge in [-0.1, -0.05) is 6.07 Å². The summed E-state index contributed by atoms with van der Waals surface area (Å²) < 4.78 is 24.5. The van der Waals surface area contributed by atoms with Crippen molar-refractivity contribution in [2.45, 2.75) is 6.92 Å². The summed E-state index contributed by atoms with van der Waals surface area (Å²) in [5.74, 6) is 0.316. The SMILES string of the molecule is Cc1ccnc2c1ccc1c(OS(=O)O)ccnc12. The van der Waals surface area contributed by atoms with Crippen molar-refractivity contribution >= 4 is 33.2 Å². The molecule has 3 rings (SSSR count). The van der Waals surface area contributed by atoms with Crippen molar-refractivity contribution in [3.63, 3.8) is 0 Å². The quantitative estimate of drug-likeness (QED) is 0.574. The minimum absolute atomic E-state index is 0.316. The first-order valence-corrected chi connectivity index (χ1v) is 6.62. The molecule has 0 aliphatic heterocycles. The second-order valence-corrected chi connectivity index (χ2v) is 4.70. The van der Waals surface area contributed by atoms with Gasteiger partial charge in [0, 0.05) is 29.2 Å². The van der Waals surface area contributed by atoms with E-state index in [0.29, 0.717) is 16.7 Å². The number of nitrogens with zero attached hydrogens (tertiary/aromatic N) is 2. The molecule has 0 fully saturated rings. The zero-order chi connectivity index (χ0) is 13.4. The summed E-state index contributed by atoms with van der Waals surface area (Å²) in [4.78, 5) is 8.63. The number of pyridine rings is 2. The van der Waals surface area contributed by atoms with Crippen LogP contribution in [0.5, 0.6) is 5.75 Å². The standard InChI is InChI=1S/C13H10N2O3S/c1-8-4-6-14-12-9(8)2-3-10-11(18-19(16)17)5-7-15-13(10)12/h2-7H,1H3,(H,16,17). The molecular weight excluding hydrogens is 264 g/mol. The van der Waals surface area contributed by atoms with Gasteiger partial charge in [0.25, 0.3) is 0 Å². The maximum Gasteiger partial charge on any atom is 0.357 e. The van der Waals surface area contributed by atoms with Crippen molar-refractivity contribution in [3.05, 3.63) is 42.2 Å². The molecule has 1 N–H and O–H groups in total. The Hall–Kier alpha value is -2.05. The molecule has 19 heavy (non-hydrogen) atoms. The van der Waals surface area contributed by atoms with Gasteiger partial charge in [-0.15, -0.1) is 0 Å². The second kappa shape index (κ2) is 4.56. The van der Waals surface area contributed by atoms with Crippen molar-refractivity contribution in [3.8, 4) is 5.75 Å². The topological polar surface area (TPSA) is 72.3 Å². The first-order valence-electron chi connectivity index (χ1n) is 5.59. The molecule has 0 radical (unpaired) electrons. The van der Waals surface area contributed by atoms with Gasteiger partial charge in [0.1, 0.15) is 5.52 Å². The van der Waals surface area contributed by atoms with Crippen LogP contribution in [0.25, 0.3) is 21.8 Å². The van der Waals surface area contributed by atoms with Crippen molar-refractivity contribution in [2.24, 2.45) is 0 Å². The summed E-state index contributed by atoms with van der Waals surface area (Å²) in [6.07, 6.45) is 3.25. The first-order chi connectivity index (χ1) is 9.16. The summed E-state index contributed by atoms with van der Waals surface area (Å²) in [6.45, 7) is 2.00. The van der Waals surface area contributed by atoms with E-state index in [1.54, 1.807) is 12.3 Å². The minimum atomic E-state index is -2.36. The third-order valence-corrected chi connectivity index (χ3v) is 3.28. The van der Waals surface area contributed by atoms with E-state index in [1.165, 1.54) is 6.20 Å². The van der Waals surface area contributed by atoms with Gasteiger partial charge >= 0.3 is 11.4 Å². The third kappa shape index (κ3) is 2.05. The van der Waals surface area contributed by atoms with E-state index in [-0.39, 0.29) is 0 Å². The lowest BCUT2D eigenvalue weighted by Gasteiger charge is -2.07. The second-order valence-electron chi connectivity index (χ2n) is 4.10. The molecule has 6 heteroatoms. The lowest BCUT2D eigenvalue weighted by Crippen LogP contribution is -1.98. The fourth-order valence-corrected chi connectivity index (χ4v) is 2.39. The molecule has 0 saturated carbocycles. The number of hydrogen-bond acceptors (Lipinski definition) is 4. The fraction of sp³-hybridized carbons (Fsp3) is 0.0769. The number of fused-ring (bicyclic) bond motifs is 3. The number of rotatable bonds is 2. The van der Waals surface area contributed by atoms with Gasteiger partial charge in [0.2, 0.25) is 0 Å². The highest BCUT2D eigenvalue weighted by Crippen LogP contribution is 2.30. The molecule has 0 spiro atoms. The van der Waals surface area contributed by atoms with E-state index in [2.05, 4.69) is 9.97 Å². The highest BCUT2D eigenvalue weighted by molar-refractivity contribution is 7.74. The van der Waals surface area contributed by atoms with Crippen LogP contribution in [0.15, 0.2) is 36.7 Å². The fourth-order valence-electron chi connectivity index (χ4n) is 2.09. The summed E-state index contributed by atoms with van der Waals surface area (Å²) in [5.41, 5.74) is 2.52. The molecule has 0 saturated heterocycles. The lowest BCUT2D eigenvalue weighted by atomic mass is 10.1. The van der Waals surface area contributed by atoms with Crippen LogP contribution in [-0.4, -0.2) is 18.7 Å². The molecule has 0 bridgehead atoms. The van der Waals surface area contributed by atoms with Crippen molar-refractivity contribution in [1.29, 1.82) is 0 Å². The van der Waals surface area contributed by atoms with E-state index in [9.17, 15) is 4.21 Å². The molecule has 5 nitrogen and oxygen atoms in total. The molecule has 1 unspecified atom stereocenters. The Bertz CT molecular complexity index is 804. The van der Waals surface area contributed by atoms with Crippen molar-refractivity contribution in [2.75, 3.05) is 0 Å². The number of aromatic nitrogens is 2. The molecular formula is C13H10N2O3S. The van der Waals surface area contributed by atoms with Crippen LogP contribution >= 0.6 is 0 Å². The van der Waals surface area contributed by atoms with Crippen LogP contribution in [0.2, 0.25) is 0 Å². The average Bonchev–Trinajstić information content (AvgIpc) is 2.38. The maximum atomic E-state index is 10.8. The first kappa shape index (κ1) is 12.0. The Morgan fingerprint density at radius 1 is 1.05 bits per heavy atom. The van der Waals surface area contributed by atoms with Crippen molar-refractivity contribution < 1.29 is 12.9 Å². The van der Waals surface area contributed by atoms with E-state index < -0.39 is 11.4 Å². The lowest BCUT2D eigenvalue weighted by molar-refractivity contribution is 0.460. The van der Waals surface area contributed by atoms with Gasteiger partial charge in [-0.05, 0) is 24.6 Å². The molecule has 3 aromatic rings. The Labute approximate surface area is 111 Å². The third-order valence-electron chi connectivity index (χ3n) is 2.96. The van der Waals surface area contributed by atoms with Crippen LogP contribution in [0, 0.1) is 6.92 Å². The zero-order valence-electron chi connectivity index (χ0n) is 10.0. The molecule has 0 amide bonds. The van der Waals surface area contributed by atoms with Gasteiger partial charge in [-0.2, -0.15) is 4.21 Å². The van der Waals surface area contributed by atoms with Gasteiger partial charge in [0.05, 0.1) is 5.52 Å². The molecule has 96 valence electrons. The van der Waals surface area contributed by atoms with Crippen LogP contribution in [0.4, 0.5) is 0 Å². The summed E-state index contributed by atoms with van der Waals surface area (Å²) in [7, 11) is 0. The predicted octanol–water partition coefficient (Wildman–Crippen LogP) is 2.61. The Morgan fingerprint density at radius 3 is 2.42 bits per heavy atom. The Kier molecular flexibility index (Phi) is 2.88. The minimum Gasteiger partial charge on any atom is -0.379 e. The average molecular weight is 274 g/mol. The Morgan fingerprint density at radius 2 is 1.68 bits per heavy atom. The molecule has 1 atom stereocenters. The number of benzene rings is 1. The summed E-state index contributed by atoms with van der Waals surface area (Å²) in [5, 5.41) is 1.67. The largest absolute Gasteiger partial charge is 0.379 e. The van der Waals surface area contributed by atoms with E-state index in [1.807, 2.05) is 25.1 Å². The highest BCUT2D eigenvalue weighted by atomic mass is 32.2. The van der Waals surface area contributed by atoms with Crippen molar-refractivity contribution in [1.82, 2.24) is 9.97 Å². The summed E-state index contributed by atoms with van der Waals surface area (Å²) >= 11 is -2.36. The smallest absolute Gasteiger partial charge is 0.357 e. The molecule has 2 aromatic heterocycles. The van der Waals surface area contributed by atoms with Crippen LogP contribution in [-0.2, 0) is 11.4 Å². The van der Waals surface area contributed by atoms with Gasteiger partial charge in [-0.25, -0.2) is 0 Å². The maximum absolute atomic E-state index is 10.8. The molecule has 1 aromatic carbocycles.